The number of anilines is 1. The van der Waals surface area contributed by atoms with Crippen LogP contribution >= 0.6 is 0 Å². The predicted octanol–water partition coefficient (Wildman–Crippen LogP) is 3.94. The van der Waals surface area contributed by atoms with Crippen LogP contribution in [0.15, 0.2) is 18.2 Å². The number of hydrogen-bond acceptors (Lipinski definition) is 3. The summed E-state index contributed by atoms with van der Waals surface area (Å²) in [4.78, 5) is 4.79. The van der Waals surface area contributed by atoms with E-state index in [2.05, 4.69) is 32.2 Å². The molecule has 3 heteroatoms. The van der Waals surface area contributed by atoms with Gasteiger partial charge in [-0.15, -0.1) is 0 Å². The van der Waals surface area contributed by atoms with Crippen molar-refractivity contribution < 1.29 is 4.74 Å². The van der Waals surface area contributed by atoms with Crippen LogP contribution in [-0.2, 0) is 6.42 Å². The molecule has 0 spiro atoms. The van der Waals surface area contributed by atoms with Crippen LogP contribution in [0.2, 0.25) is 0 Å². The fourth-order valence-corrected chi connectivity index (χ4v) is 2.40. The Bertz CT molecular complexity index is 578. The Morgan fingerprint density at radius 3 is 2.68 bits per heavy atom. The van der Waals surface area contributed by atoms with Crippen LogP contribution in [-0.4, -0.2) is 18.6 Å². The largest absolute Gasteiger partial charge is 0.491 e. The molecule has 0 amide bonds. The molecule has 1 aromatic heterocycles. The van der Waals surface area contributed by atoms with E-state index in [0.29, 0.717) is 0 Å². The number of hydrogen-bond donors (Lipinski definition) is 1. The highest BCUT2D eigenvalue weighted by Gasteiger charge is 2.12. The summed E-state index contributed by atoms with van der Waals surface area (Å²) in [5.74, 6) is 0.880. The summed E-state index contributed by atoms with van der Waals surface area (Å²) in [5, 5.41) is 4.43. The number of fused-ring (bicyclic) bond motifs is 1. The van der Waals surface area contributed by atoms with Crippen molar-refractivity contribution in [1.29, 1.82) is 0 Å². The van der Waals surface area contributed by atoms with E-state index in [0.717, 1.165) is 47.5 Å². The molecule has 1 heterocycles. The molecule has 0 fully saturated rings. The minimum absolute atomic E-state index is 0.727. The normalized spacial score (nSPS) is 10.7. The van der Waals surface area contributed by atoms with Crippen molar-refractivity contribution in [3.63, 3.8) is 0 Å². The first-order valence-electron chi connectivity index (χ1n) is 6.95. The van der Waals surface area contributed by atoms with Crippen molar-refractivity contribution >= 4 is 16.6 Å². The SMILES string of the molecule is CCCOc1cccc2c(NC)c(C)c(CC)nc12. The molecule has 2 rings (SSSR count). The van der Waals surface area contributed by atoms with E-state index in [1.54, 1.807) is 0 Å². The lowest BCUT2D eigenvalue weighted by molar-refractivity contribution is 0.320. The maximum absolute atomic E-state index is 5.82. The zero-order valence-corrected chi connectivity index (χ0v) is 12.2. The third kappa shape index (κ3) is 2.50. The van der Waals surface area contributed by atoms with Gasteiger partial charge in [-0.05, 0) is 31.4 Å². The van der Waals surface area contributed by atoms with Crippen LogP contribution in [0.4, 0.5) is 5.69 Å². The number of pyridine rings is 1. The second kappa shape index (κ2) is 5.91. The molecule has 102 valence electrons. The monoisotopic (exact) mass is 258 g/mol. The first-order chi connectivity index (χ1) is 9.22. The molecule has 0 saturated heterocycles. The van der Waals surface area contributed by atoms with Crippen LogP contribution in [0.1, 0.15) is 31.5 Å². The number of aryl methyl sites for hydroxylation is 1. The fraction of sp³-hybridized carbons (Fsp3) is 0.438. The molecule has 1 aromatic carbocycles. The van der Waals surface area contributed by atoms with Crippen molar-refractivity contribution in [2.75, 3.05) is 19.0 Å². The lowest BCUT2D eigenvalue weighted by Crippen LogP contribution is -2.03. The summed E-state index contributed by atoms with van der Waals surface area (Å²) in [6, 6.07) is 6.12. The van der Waals surface area contributed by atoms with E-state index in [1.165, 1.54) is 5.56 Å². The van der Waals surface area contributed by atoms with Gasteiger partial charge in [-0.3, -0.25) is 0 Å². The second-order valence-corrected chi connectivity index (χ2v) is 4.66. The Kier molecular flexibility index (Phi) is 4.25. The first kappa shape index (κ1) is 13.7. The fourth-order valence-electron chi connectivity index (χ4n) is 2.40. The molecule has 0 bridgehead atoms. The molecular weight excluding hydrogens is 236 g/mol. The van der Waals surface area contributed by atoms with Gasteiger partial charge in [0.1, 0.15) is 11.3 Å². The molecule has 0 radical (unpaired) electrons. The van der Waals surface area contributed by atoms with Gasteiger partial charge in [-0.25, -0.2) is 4.98 Å². The van der Waals surface area contributed by atoms with Crippen molar-refractivity contribution in [1.82, 2.24) is 4.98 Å². The van der Waals surface area contributed by atoms with Gasteiger partial charge in [0, 0.05) is 23.8 Å². The molecular formula is C16H22N2O. The highest BCUT2D eigenvalue weighted by molar-refractivity contribution is 5.96. The predicted molar refractivity (Wildman–Crippen MR) is 81.2 cm³/mol. The Morgan fingerprint density at radius 1 is 1.26 bits per heavy atom. The smallest absolute Gasteiger partial charge is 0.145 e. The quantitative estimate of drug-likeness (QED) is 0.882. The summed E-state index contributed by atoms with van der Waals surface area (Å²) < 4.78 is 5.82. The summed E-state index contributed by atoms with van der Waals surface area (Å²) in [6.45, 7) is 7.09. The van der Waals surface area contributed by atoms with Crippen LogP contribution in [0.3, 0.4) is 0 Å². The molecule has 0 aliphatic carbocycles. The van der Waals surface area contributed by atoms with Gasteiger partial charge in [-0.2, -0.15) is 0 Å². The van der Waals surface area contributed by atoms with Crippen molar-refractivity contribution in [2.45, 2.75) is 33.6 Å². The summed E-state index contributed by atoms with van der Waals surface area (Å²) >= 11 is 0. The van der Waals surface area contributed by atoms with E-state index in [1.807, 2.05) is 19.2 Å². The topological polar surface area (TPSA) is 34.1 Å². The van der Waals surface area contributed by atoms with Crippen molar-refractivity contribution in [3.05, 3.63) is 29.5 Å². The second-order valence-electron chi connectivity index (χ2n) is 4.66. The minimum Gasteiger partial charge on any atom is -0.491 e. The summed E-state index contributed by atoms with van der Waals surface area (Å²) in [7, 11) is 1.96. The number of benzene rings is 1. The van der Waals surface area contributed by atoms with E-state index >= 15 is 0 Å². The number of ether oxygens (including phenoxy) is 1. The van der Waals surface area contributed by atoms with E-state index in [-0.39, 0.29) is 0 Å². The van der Waals surface area contributed by atoms with Crippen LogP contribution < -0.4 is 10.1 Å². The highest BCUT2D eigenvalue weighted by Crippen LogP contribution is 2.33. The zero-order chi connectivity index (χ0) is 13.8. The van der Waals surface area contributed by atoms with E-state index in [9.17, 15) is 0 Å². The van der Waals surface area contributed by atoms with E-state index in [4.69, 9.17) is 9.72 Å². The van der Waals surface area contributed by atoms with Gasteiger partial charge in [0.25, 0.3) is 0 Å². The number of rotatable bonds is 5. The van der Waals surface area contributed by atoms with Gasteiger partial charge in [-0.1, -0.05) is 26.0 Å². The lowest BCUT2D eigenvalue weighted by Gasteiger charge is -2.15. The van der Waals surface area contributed by atoms with Crippen molar-refractivity contribution in [3.8, 4) is 5.75 Å². The molecule has 0 unspecified atom stereocenters. The molecule has 0 aliphatic heterocycles. The number of nitrogens with zero attached hydrogens (tertiary/aromatic N) is 1. The summed E-state index contributed by atoms with van der Waals surface area (Å²) in [6.07, 6.45) is 1.93. The maximum atomic E-state index is 5.82. The van der Waals surface area contributed by atoms with Crippen molar-refractivity contribution in [2.24, 2.45) is 0 Å². The Balaban J connectivity index is 2.67. The average Bonchev–Trinajstić information content (AvgIpc) is 2.44. The molecule has 0 atom stereocenters. The lowest BCUT2D eigenvalue weighted by atomic mass is 10.0. The maximum Gasteiger partial charge on any atom is 0.145 e. The van der Waals surface area contributed by atoms with Gasteiger partial charge in [0.15, 0.2) is 0 Å². The van der Waals surface area contributed by atoms with E-state index < -0.39 is 0 Å². The van der Waals surface area contributed by atoms with Crippen LogP contribution in [0, 0.1) is 6.92 Å². The molecule has 0 aliphatic rings. The molecule has 2 aromatic rings. The molecule has 3 nitrogen and oxygen atoms in total. The number of para-hydroxylation sites is 1. The molecule has 0 saturated carbocycles. The van der Waals surface area contributed by atoms with Crippen LogP contribution in [0.5, 0.6) is 5.75 Å². The van der Waals surface area contributed by atoms with Gasteiger partial charge < -0.3 is 10.1 Å². The Labute approximate surface area is 115 Å². The summed E-state index contributed by atoms with van der Waals surface area (Å²) in [5.41, 5.74) is 4.47. The third-order valence-electron chi connectivity index (χ3n) is 3.37. The molecule has 19 heavy (non-hydrogen) atoms. The zero-order valence-electron chi connectivity index (χ0n) is 12.2. The van der Waals surface area contributed by atoms with Gasteiger partial charge in [0.05, 0.1) is 6.61 Å². The number of nitrogens with one attached hydrogen (secondary N) is 1. The standard InChI is InChI=1S/C16H22N2O/c1-5-10-19-14-9-7-8-12-15(17-4)11(3)13(6-2)18-16(12)14/h7-9H,5-6,10H2,1-4H3,(H,17,18). The van der Waals surface area contributed by atoms with Gasteiger partial charge >= 0.3 is 0 Å². The minimum atomic E-state index is 0.727. The van der Waals surface area contributed by atoms with Gasteiger partial charge in [0.2, 0.25) is 0 Å². The highest BCUT2D eigenvalue weighted by atomic mass is 16.5. The third-order valence-corrected chi connectivity index (χ3v) is 3.37. The Morgan fingerprint density at radius 2 is 2.05 bits per heavy atom. The first-order valence-corrected chi connectivity index (χ1v) is 6.95. The Hall–Kier alpha value is -1.77. The number of aromatic nitrogens is 1. The molecule has 1 N–H and O–H groups in total. The average molecular weight is 258 g/mol. The van der Waals surface area contributed by atoms with Crippen LogP contribution in [0.25, 0.3) is 10.9 Å².